The van der Waals surface area contributed by atoms with Crippen LogP contribution in [0, 0.1) is 0 Å². The van der Waals surface area contributed by atoms with Crippen molar-refractivity contribution in [3.63, 3.8) is 0 Å². The topological polar surface area (TPSA) is 61.0 Å². The Bertz CT molecular complexity index is 766. The van der Waals surface area contributed by atoms with E-state index in [0.29, 0.717) is 5.95 Å². The largest absolute Gasteiger partial charge is 0.381 e. The Morgan fingerprint density at radius 1 is 1.18 bits per heavy atom. The molecule has 1 saturated heterocycles. The van der Waals surface area contributed by atoms with Crippen LogP contribution in [0.1, 0.15) is 29.7 Å². The summed E-state index contributed by atoms with van der Waals surface area (Å²) in [6.07, 6.45) is 6.08. The Morgan fingerprint density at radius 3 is 2.77 bits per heavy atom. The lowest BCUT2D eigenvalue weighted by Crippen LogP contribution is -2.30. The zero-order valence-electron chi connectivity index (χ0n) is 12.1. The van der Waals surface area contributed by atoms with Gasteiger partial charge < -0.3 is 10.5 Å². The van der Waals surface area contributed by atoms with Gasteiger partial charge in [0.25, 0.3) is 0 Å². The van der Waals surface area contributed by atoms with Gasteiger partial charge in [0, 0.05) is 34.9 Å². The zero-order valence-corrected chi connectivity index (χ0v) is 13.6. The van der Waals surface area contributed by atoms with E-state index in [2.05, 4.69) is 50.2 Å². The standard InChI is InChI=1S/C17H16BrN3O/c18-11-1-2-14-12(9-11)13(15-3-6-20-16(19)21-15)10-17(14)4-7-22-8-5-17/h1-3,6,9-10H,4-5,7-8H2,(H2,19,20,21). The smallest absolute Gasteiger partial charge is 0.220 e. The van der Waals surface area contributed by atoms with Crippen molar-refractivity contribution in [3.05, 3.63) is 57.8 Å². The lowest BCUT2D eigenvalue weighted by Gasteiger charge is -2.33. The molecular formula is C17H16BrN3O. The van der Waals surface area contributed by atoms with Crippen molar-refractivity contribution in [2.24, 2.45) is 0 Å². The van der Waals surface area contributed by atoms with Gasteiger partial charge in [0.1, 0.15) is 0 Å². The summed E-state index contributed by atoms with van der Waals surface area (Å²) < 4.78 is 6.64. The molecule has 22 heavy (non-hydrogen) atoms. The second kappa shape index (κ2) is 5.18. The van der Waals surface area contributed by atoms with Crippen LogP contribution < -0.4 is 5.73 Å². The number of anilines is 1. The molecule has 0 unspecified atom stereocenters. The Kier molecular flexibility index (Phi) is 3.27. The van der Waals surface area contributed by atoms with Crippen molar-refractivity contribution in [2.75, 3.05) is 18.9 Å². The molecule has 1 aliphatic carbocycles. The van der Waals surface area contributed by atoms with Crippen molar-refractivity contribution >= 4 is 27.5 Å². The summed E-state index contributed by atoms with van der Waals surface area (Å²) in [5.41, 5.74) is 10.5. The summed E-state index contributed by atoms with van der Waals surface area (Å²) in [5, 5.41) is 0. The third kappa shape index (κ3) is 2.16. The molecule has 0 bridgehead atoms. The predicted molar refractivity (Wildman–Crippen MR) is 89.4 cm³/mol. The minimum absolute atomic E-state index is 0.0589. The number of allylic oxidation sites excluding steroid dienone is 1. The number of ether oxygens (including phenoxy) is 1. The maximum Gasteiger partial charge on any atom is 0.220 e. The zero-order chi connectivity index (χ0) is 15.2. The molecule has 1 aromatic heterocycles. The third-order valence-electron chi connectivity index (χ3n) is 4.56. The summed E-state index contributed by atoms with van der Waals surface area (Å²) in [6, 6.07) is 8.43. The molecule has 0 atom stereocenters. The number of hydrogen-bond acceptors (Lipinski definition) is 4. The highest BCUT2D eigenvalue weighted by molar-refractivity contribution is 9.10. The highest BCUT2D eigenvalue weighted by atomic mass is 79.9. The van der Waals surface area contributed by atoms with E-state index in [4.69, 9.17) is 10.5 Å². The van der Waals surface area contributed by atoms with Crippen molar-refractivity contribution in [1.29, 1.82) is 0 Å². The number of fused-ring (bicyclic) bond motifs is 2. The number of aromatic nitrogens is 2. The molecule has 1 aliphatic heterocycles. The van der Waals surface area contributed by atoms with Gasteiger partial charge >= 0.3 is 0 Å². The van der Waals surface area contributed by atoms with Crippen LogP contribution in [0.25, 0.3) is 5.57 Å². The second-order valence-electron chi connectivity index (χ2n) is 5.82. The monoisotopic (exact) mass is 357 g/mol. The molecule has 2 heterocycles. The van der Waals surface area contributed by atoms with Crippen LogP contribution in [0.4, 0.5) is 5.95 Å². The predicted octanol–water partition coefficient (Wildman–Crippen LogP) is 3.31. The minimum Gasteiger partial charge on any atom is -0.381 e. The van der Waals surface area contributed by atoms with Crippen LogP contribution in [0.5, 0.6) is 0 Å². The van der Waals surface area contributed by atoms with Crippen molar-refractivity contribution in [3.8, 4) is 0 Å². The number of nitrogens with two attached hydrogens (primary N) is 1. The SMILES string of the molecule is Nc1nccc(C2=CC3(CCOCC3)c3ccc(Br)cc32)n1. The number of benzene rings is 1. The van der Waals surface area contributed by atoms with E-state index in [9.17, 15) is 0 Å². The average molecular weight is 358 g/mol. The van der Waals surface area contributed by atoms with E-state index in [1.807, 2.05) is 6.07 Å². The Morgan fingerprint density at radius 2 is 2.00 bits per heavy atom. The summed E-state index contributed by atoms with van der Waals surface area (Å²) in [7, 11) is 0. The molecule has 4 rings (SSSR count). The number of nitrogen functional groups attached to an aromatic ring is 1. The van der Waals surface area contributed by atoms with E-state index in [1.54, 1.807) is 6.20 Å². The van der Waals surface area contributed by atoms with Gasteiger partial charge in [-0.2, -0.15) is 0 Å². The van der Waals surface area contributed by atoms with Crippen molar-refractivity contribution in [2.45, 2.75) is 18.3 Å². The maximum atomic E-state index is 5.77. The molecule has 2 N–H and O–H groups in total. The second-order valence-corrected chi connectivity index (χ2v) is 6.73. The molecule has 2 aliphatic rings. The lowest BCUT2D eigenvalue weighted by molar-refractivity contribution is 0.0662. The van der Waals surface area contributed by atoms with Crippen LogP contribution in [-0.2, 0) is 10.2 Å². The molecule has 5 heteroatoms. The number of nitrogens with zero attached hydrogens (tertiary/aromatic N) is 2. The number of rotatable bonds is 1. The van der Waals surface area contributed by atoms with E-state index in [-0.39, 0.29) is 5.41 Å². The lowest BCUT2D eigenvalue weighted by atomic mass is 9.76. The van der Waals surface area contributed by atoms with E-state index >= 15 is 0 Å². The molecule has 4 nitrogen and oxygen atoms in total. The van der Waals surface area contributed by atoms with Crippen LogP contribution in [0.2, 0.25) is 0 Å². The van der Waals surface area contributed by atoms with Crippen LogP contribution in [0.15, 0.2) is 41.0 Å². The Labute approximate surface area is 137 Å². The molecule has 0 radical (unpaired) electrons. The Balaban J connectivity index is 1.91. The van der Waals surface area contributed by atoms with Crippen molar-refractivity contribution < 1.29 is 4.74 Å². The van der Waals surface area contributed by atoms with Gasteiger partial charge in [0.15, 0.2) is 0 Å². The first-order valence-corrected chi connectivity index (χ1v) is 8.17. The fraction of sp³-hybridized carbons (Fsp3) is 0.294. The van der Waals surface area contributed by atoms with Gasteiger partial charge in [-0.25, -0.2) is 9.97 Å². The first kappa shape index (κ1) is 13.9. The first-order valence-electron chi connectivity index (χ1n) is 7.38. The van der Waals surface area contributed by atoms with Gasteiger partial charge in [-0.05, 0) is 42.2 Å². The van der Waals surface area contributed by atoms with E-state index in [0.717, 1.165) is 41.8 Å². The molecule has 0 amide bonds. The summed E-state index contributed by atoms with van der Waals surface area (Å²) in [4.78, 5) is 8.41. The average Bonchev–Trinajstić information content (AvgIpc) is 2.82. The fourth-order valence-corrected chi connectivity index (χ4v) is 3.85. The quantitative estimate of drug-likeness (QED) is 0.850. The number of halogens is 1. The number of hydrogen-bond donors (Lipinski definition) is 1. The fourth-order valence-electron chi connectivity index (χ4n) is 3.49. The molecule has 2 aromatic rings. The Hall–Kier alpha value is -1.72. The minimum atomic E-state index is 0.0589. The normalized spacial score (nSPS) is 19.0. The van der Waals surface area contributed by atoms with E-state index in [1.165, 1.54) is 11.1 Å². The van der Waals surface area contributed by atoms with Gasteiger partial charge in [-0.3, -0.25) is 0 Å². The van der Waals surface area contributed by atoms with Crippen LogP contribution in [0.3, 0.4) is 0 Å². The summed E-state index contributed by atoms with van der Waals surface area (Å²) in [5.74, 6) is 0.308. The molecule has 1 spiro atoms. The molecular weight excluding hydrogens is 342 g/mol. The molecule has 0 saturated carbocycles. The van der Waals surface area contributed by atoms with E-state index < -0.39 is 0 Å². The van der Waals surface area contributed by atoms with Gasteiger partial charge in [0.05, 0.1) is 5.69 Å². The van der Waals surface area contributed by atoms with Crippen molar-refractivity contribution in [1.82, 2.24) is 9.97 Å². The van der Waals surface area contributed by atoms with Gasteiger partial charge in [-0.15, -0.1) is 0 Å². The maximum absolute atomic E-state index is 5.77. The molecule has 1 fully saturated rings. The molecule has 112 valence electrons. The third-order valence-corrected chi connectivity index (χ3v) is 5.06. The summed E-state index contributed by atoms with van der Waals surface area (Å²) in [6.45, 7) is 1.59. The molecule has 1 aromatic carbocycles. The van der Waals surface area contributed by atoms with Crippen LogP contribution >= 0.6 is 15.9 Å². The van der Waals surface area contributed by atoms with Gasteiger partial charge in [-0.1, -0.05) is 28.1 Å². The highest BCUT2D eigenvalue weighted by Crippen LogP contribution is 2.48. The summed E-state index contributed by atoms with van der Waals surface area (Å²) >= 11 is 3.58. The van der Waals surface area contributed by atoms with Gasteiger partial charge in [0.2, 0.25) is 5.95 Å². The van der Waals surface area contributed by atoms with Crippen LogP contribution in [-0.4, -0.2) is 23.2 Å². The first-order chi connectivity index (χ1) is 10.7. The highest BCUT2D eigenvalue weighted by Gasteiger charge is 2.40.